The summed E-state index contributed by atoms with van der Waals surface area (Å²) < 4.78 is 25.1. The van der Waals surface area contributed by atoms with E-state index in [1.807, 2.05) is 23.1 Å². The Bertz CT molecular complexity index is 1410. The molecule has 40 heavy (non-hydrogen) atoms. The second-order valence-electron chi connectivity index (χ2n) is 10.2. The maximum absolute atomic E-state index is 13.5. The first kappa shape index (κ1) is 28.1. The van der Waals surface area contributed by atoms with Gasteiger partial charge in [-0.1, -0.05) is 30.3 Å². The molecule has 0 spiro atoms. The van der Waals surface area contributed by atoms with Gasteiger partial charge in [-0.05, 0) is 37.5 Å². The molecule has 2 N–H and O–H groups in total. The van der Waals surface area contributed by atoms with Crippen molar-refractivity contribution in [3.8, 4) is 11.4 Å². The van der Waals surface area contributed by atoms with E-state index in [4.69, 9.17) is 4.74 Å². The second-order valence-corrected chi connectivity index (χ2v) is 11.5. The Kier molecular flexibility index (Phi) is 8.38. The number of aliphatic hydroxyl groups is 1. The number of aryl methyl sites for hydroxylation is 1. The number of nitro benzene ring substituents is 1. The second kappa shape index (κ2) is 11.9. The van der Waals surface area contributed by atoms with Gasteiger partial charge in [-0.3, -0.25) is 14.9 Å². The van der Waals surface area contributed by atoms with Crippen LogP contribution in [0.3, 0.4) is 0 Å². The zero-order chi connectivity index (χ0) is 28.3. The van der Waals surface area contributed by atoms with Crippen molar-refractivity contribution < 1.29 is 19.3 Å². The fourth-order valence-corrected chi connectivity index (χ4v) is 5.55. The van der Waals surface area contributed by atoms with Crippen LogP contribution in [0.25, 0.3) is 5.69 Å². The van der Waals surface area contributed by atoms with Crippen LogP contribution in [-0.2, 0) is 18.1 Å². The summed E-state index contributed by atoms with van der Waals surface area (Å²) in [5.74, 6) is 0.187. The van der Waals surface area contributed by atoms with Crippen molar-refractivity contribution >= 4 is 22.9 Å². The number of nitrogens with one attached hydrogen (secondary N) is 1. The van der Waals surface area contributed by atoms with Gasteiger partial charge in [-0.25, -0.2) is 0 Å². The molecule has 13 heteroatoms. The van der Waals surface area contributed by atoms with Gasteiger partial charge >= 0.3 is 5.56 Å². The number of ether oxygens (including phenoxy) is 1. The van der Waals surface area contributed by atoms with E-state index >= 15 is 0 Å². The van der Waals surface area contributed by atoms with Gasteiger partial charge in [0.2, 0.25) is 5.75 Å². The number of nitrogens with zero attached hydrogens (tertiary/aromatic N) is 5. The Morgan fingerprint density at radius 3 is 2.52 bits per heavy atom. The Labute approximate surface area is 234 Å². The van der Waals surface area contributed by atoms with Gasteiger partial charge in [0.25, 0.3) is 5.69 Å². The maximum atomic E-state index is 13.5. The zero-order valence-electron chi connectivity index (χ0n) is 22.2. The van der Waals surface area contributed by atoms with Crippen molar-refractivity contribution in [3.63, 3.8) is 0 Å². The highest BCUT2D eigenvalue weighted by atomic mass is 32.2. The summed E-state index contributed by atoms with van der Waals surface area (Å²) in [6, 6.07) is 14.1. The standard InChI is InChI=1S/C27H32N6O6S/c1-20-7-8-21(15-23(20)33(36)37)16-29-40(38)31-13-11-30(12-14-31)24-17-28-32(22-5-3-2-4-6-22)26(35)25(24)39-19-27(18-34)9-10-27/h2-8,15,17,29,34H,9-14,16,18-19H2,1H3. The molecule has 1 unspecified atom stereocenters. The van der Waals surface area contributed by atoms with Crippen molar-refractivity contribution in [3.05, 3.63) is 86.3 Å². The lowest BCUT2D eigenvalue weighted by Gasteiger charge is -2.35. The molecule has 1 atom stereocenters. The lowest BCUT2D eigenvalue weighted by Crippen LogP contribution is -2.52. The van der Waals surface area contributed by atoms with Crippen LogP contribution in [0.2, 0.25) is 0 Å². The molecule has 1 aromatic heterocycles. The van der Waals surface area contributed by atoms with Gasteiger partial charge in [0.05, 0.1) is 49.7 Å². The van der Waals surface area contributed by atoms with Crippen LogP contribution < -0.4 is 19.9 Å². The maximum Gasteiger partial charge on any atom is 0.316 e. The molecule has 1 aliphatic heterocycles. The van der Waals surface area contributed by atoms with Gasteiger partial charge in [0, 0.05) is 30.1 Å². The molecule has 3 aromatic rings. The Morgan fingerprint density at radius 2 is 1.88 bits per heavy atom. The SMILES string of the molecule is Cc1ccc(CN[S+]([O-])N2CCN(c3cnn(-c4ccccc4)c(=O)c3OCC3(CO)CC3)CC2)cc1[N+](=O)[O-]. The molecule has 0 radical (unpaired) electrons. The normalized spacial score (nSPS) is 17.4. The number of benzene rings is 2. The quantitative estimate of drug-likeness (QED) is 0.200. The fourth-order valence-electron chi connectivity index (χ4n) is 4.59. The first-order valence-electron chi connectivity index (χ1n) is 13.1. The average molecular weight is 569 g/mol. The van der Waals surface area contributed by atoms with Crippen molar-refractivity contribution in [2.24, 2.45) is 5.41 Å². The Balaban J connectivity index is 1.26. The molecule has 0 amide bonds. The molecular weight excluding hydrogens is 536 g/mol. The fraction of sp³-hybridized carbons (Fsp3) is 0.407. The largest absolute Gasteiger partial charge is 0.579 e. The molecule has 2 fully saturated rings. The number of aromatic nitrogens is 2. The van der Waals surface area contributed by atoms with E-state index in [-0.39, 0.29) is 42.2 Å². The monoisotopic (exact) mass is 568 g/mol. The minimum Gasteiger partial charge on any atom is -0.579 e. The van der Waals surface area contributed by atoms with Gasteiger partial charge in [-0.2, -0.15) is 9.78 Å². The smallest absolute Gasteiger partial charge is 0.316 e. The zero-order valence-corrected chi connectivity index (χ0v) is 23.0. The number of anilines is 1. The third kappa shape index (κ3) is 6.13. The number of hydrogen-bond acceptors (Lipinski definition) is 10. The summed E-state index contributed by atoms with van der Waals surface area (Å²) in [6.45, 7) is 4.04. The summed E-state index contributed by atoms with van der Waals surface area (Å²) >= 11 is -1.50. The molecule has 1 saturated carbocycles. The van der Waals surface area contributed by atoms with Crippen LogP contribution in [0.5, 0.6) is 5.75 Å². The lowest BCUT2D eigenvalue weighted by molar-refractivity contribution is -0.385. The van der Waals surface area contributed by atoms with Crippen LogP contribution in [0, 0.1) is 22.5 Å². The first-order valence-corrected chi connectivity index (χ1v) is 14.2. The van der Waals surface area contributed by atoms with E-state index in [1.165, 1.54) is 10.7 Å². The third-order valence-electron chi connectivity index (χ3n) is 7.41. The molecular formula is C27H32N6O6S. The molecule has 0 bridgehead atoms. The summed E-state index contributed by atoms with van der Waals surface area (Å²) in [5, 5.41) is 25.4. The van der Waals surface area contributed by atoms with Gasteiger partial charge in [0.1, 0.15) is 17.2 Å². The lowest BCUT2D eigenvalue weighted by atomic mass is 10.1. The third-order valence-corrected chi connectivity index (χ3v) is 8.64. The summed E-state index contributed by atoms with van der Waals surface area (Å²) in [7, 11) is 0. The average Bonchev–Trinajstić information content (AvgIpc) is 3.76. The number of aliphatic hydroxyl groups excluding tert-OH is 1. The molecule has 212 valence electrons. The first-order chi connectivity index (χ1) is 19.3. The van der Waals surface area contributed by atoms with Crippen molar-refractivity contribution in [2.45, 2.75) is 26.3 Å². The topological polar surface area (TPSA) is 149 Å². The Morgan fingerprint density at radius 1 is 1.15 bits per heavy atom. The predicted octanol–water partition coefficient (Wildman–Crippen LogP) is 2.09. The van der Waals surface area contributed by atoms with Crippen molar-refractivity contribution in [2.75, 3.05) is 44.3 Å². The number of nitro groups is 1. The number of piperazine rings is 1. The van der Waals surface area contributed by atoms with E-state index in [0.29, 0.717) is 48.7 Å². The van der Waals surface area contributed by atoms with Gasteiger partial charge in [0.15, 0.2) is 0 Å². The van der Waals surface area contributed by atoms with Crippen LogP contribution in [0.4, 0.5) is 11.4 Å². The van der Waals surface area contributed by atoms with Crippen molar-refractivity contribution in [1.82, 2.24) is 18.8 Å². The number of para-hydroxylation sites is 1. The summed E-state index contributed by atoms with van der Waals surface area (Å²) in [4.78, 5) is 26.3. The van der Waals surface area contributed by atoms with Crippen molar-refractivity contribution in [1.29, 1.82) is 0 Å². The van der Waals surface area contributed by atoms with E-state index in [0.717, 1.165) is 12.8 Å². The molecule has 2 heterocycles. The predicted molar refractivity (Wildman–Crippen MR) is 151 cm³/mol. The highest BCUT2D eigenvalue weighted by molar-refractivity contribution is 7.87. The van der Waals surface area contributed by atoms with Gasteiger partial charge in [-0.15, -0.1) is 9.03 Å². The molecule has 2 aromatic carbocycles. The number of rotatable bonds is 11. The summed E-state index contributed by atoms with van der Waals surface area (Å²) in [5.41, 5.74) is 1.79. The van der Waals surface area contributed by atoms with Crippen LogP contribution in [0.1, 0.15) is 24.0 Å². The van der Waals surface area contributed by atoms with E-state index in [2.05, 4.69) is 9.82 Å². The van der Waals surface area contributed by atoms with Crippen LogP contribution in [0.15, 0.2) is 59.5 Å². The molecule has 1 aliphatic carbocycles. The van der Waals surface area contributed by atoms with Crippen LogP contribution in [-0.4, -0.2) is 68.1 Å². The minimum absolute atomic E-state index is 0.00765. The highest BCUT2D eigenvalue weighted by Crippen LogP contribution is 2.45. The van der Waals surface area contributed by atoms with E-state index in [1.54, 1.807) is 41.7 Å². The Hall–Kier alpha value is -3.49. The molecule has 1 saturated heterocycles. The minimum atomic E-state index is -1.50. The van der Waals surface area contributed by atoms with E-state index < -0.39 is 16.5 Å². The number of hydrogen-bond donors (Lipinski definition) is 2. The van der Waals surface area contributed by atoms with E-state index in [9.17, 15) is 24.6 Å². The van der Waals surface area contributed by atoms with Gasteiger partial charge < -0.3 is 19.3 Å². The summed E-state index contributed by atoms with van der Waals surface area (Å²) in [6.07, 6.45) is 3.33. The molecule has 2 aliphatic rings. The highest BCUT2D eigenvalue weighted by Gasteiger charge is 2.43. The molecule has 5 rings (SSSR count). The van der Waals surface area contributed by atoms with Crippen LogP contribution >= 0.6 is 0 Å². The molecule has 12 nitrogen and oxygen atoms in total.